The molecule has 0 bridgehead atoms. The van der Waals surface area contributed by atoms with Crippen LogP contribution in [-0.4, -0.2) is 12.4 Å². The molecule has 2 rings (SSSR count). The van der Waals surface area contributed by atoms with Gasteiger partial charge in [0.25, 0.3) is 0 Å². The van der Waals surface area contributed by atoms with E-state index in [1.807, 2.05) is 32.9 Å². The summed E-state index contributed by atoms with van der Waals surface area (Å²) in [6, 6.07) is 9.90. The summed E-state index contributed by atoms with van der Waals surface area (Å²) in [5, 5.41) is 0. The average Bonchev–Trinajstić information content (AvgIpc) is 2.43. The number of ether oxygens (including phenoxy) is 1. The number of aryl methyl sites for hydroxylation is 2. The monoisotopic (exact) mass is 272 g/mol. The number of rotatable bonds is 4. The molecule has 2 nitrogen and oxygen atoms in total. The molecule has 0 atom stereocenters. The number of hydrogen-bond donors (Lipinski definition) is 0. The highest BCUT2D eigenvalue weighted by molar-refractivity contribution is 5.97. The van der Waals surface area contributed by atoms with Crippen molar-refractivity contribution < 1.29 is 13.9 Å². The van der Waals surface area contributed by atoms with E-state index in [4.69, 9.17) is 4.74 Å². The minimum atomic E-state index is -0.515. The molecule has 0 radical (unpaired) electrons. The molecule has 0 saturated carbocycles. The van der Waals surface area contributed by atoms with Crippen LogP contribution in [0.4, 0.5) is 4.39 Å². The van der Waals surface area contributed by atoms with Crippen LogP contribution in [0.3, 0.4) is 0 Å². The van der Waals surface area contributed by atoms with Gasteiger partial charge in [-0.2, -0.15) is 0 Å². The summed E-state index contributed by atoms with van der Waals surface area (Å²) in [7, 11) is 0. The fourth-order valence-corrected chi connectivity index (χ4v) is 2.05. The number of Topliss-reactive ketones (excluding diaryl/α,β-unsaturated/α-hetero) is 1. The Morgan fingerprint density at radius 3 is 2.40 bits per heavy atom. The Balaban J connectivity index is 2.16. The number of carbonyl (C=O) groups is 1. The molecular formula is C17H17FO2. The topological polar surface area (TPSA) is 26.3 Å². The molecule has 104 valence electrons. The van der Waals surface area contributed by atoms with E-state index >= 15 is 0 Å². The Morgan fingerprint density at radius 2 is 1.70 bits per heavy atom. The zero-order chi connectivity index (χ0) is 14.7. The SMILES string of the molecule is Cc1ccc(C)c(OCC(=O)c2ccccc2F)c1C. The molecular weight excluding hydrogens is 255 g/mol. The Hall–Kier alpha value is -2.16. The summed E-state index contributed by atoms with van der Waals surface area (Å²) >= 11 is 0. The molecule has 0 aromatic heterocycles. The largest absolute Gasteiger partial charge is 0.485 e. The van der Waals surface area contributed by atoms with Crippen LogP contribution < -0.4 is 4.74 Å². The van der Waals surface area contributed by atoms with Crippen LogP contribution in [0.25, 0.3) is 0 Å². The fraction of sp³-hybridized carbons (Fsp3) is 0.235. The molecule has 0 aliphatic rings. The zero-order valence-corrected chi connectivity index (χ0v) is 11.9. The van der Waals surface area contributed by atoms with E-state index < -0.39 is 5.82 Å². The predicted octanol–water partition coefficient (Wildman–Crippen LogP) is 4.01. The molecule has 0 aliphatic heterocycles. The zero-order valence-electron chi connectivity index (χ0n) is 11.9. The molecule has 3 heteroatoms. The van der Waals surface area contributed by atoms with Gasteiger partial charge in [0.05, 0.1) is 5.56 Å². The summed E-state index contributed by atoms with van der Waals surface area (Å²) < 4.78 is 19.1. The van der Waals surface area contributed by atoms with Crippen LogP contribution in [0.1, 0.15) is 27.0 Å². The third-order valence-corrected chi connectivity index (χ3v) is 3.40. The summed E-state index contributed by atoms with van der Waals surface area (Å²) in [5.41, 5.74) is 3.14. The van der Waals surface area contributed by atoms with Crippen molar-refractivity contribution in [2.45, 2.75) is 20.8 Å². The van der Waals surface area contributed by atoms with Crippen molar-refractivity contribution in [3.63, 3.8) is 0 Å². The maximum absolute atomic E-state index is 13.5. The van der Waals surface area contributed by atoms with Crippen LogP contribution in [-0.2, 0) is 0 Å². The molecule has 0 saturated heterocycles. The van der Waals surface area contributed by atoms with E-state index in [-0.39, 0.29) is 18.0 Å². The Labute approximate surface area is 118 Å². The van der Waals surface area contributed by atoms with Crippen LogP contribution in [0.2, 0.25) is 0 Å². The molecule has 20 heavy (non-hydrogen) atoms. The first-order valence-corrected chi connectivity index (χ1v) is 6.48. The van der Waals surface area contributed by atoms with Gasteiger partial charge >= 0.3 is 0 Å². The van der Waals surface area contributed by atoms with Gasteiger partial charge in [-0.15, -0.1) is 0 Å². The van der Waals surface area contributed by atoms with Gasteiger partial charge in [-0.25, -0.2) is 4.39 Å². The third kappa shape index (κ3) is 2.87. The van der Waals surface area contributed by atoms with E-state index in [1.165, 1.54) is 12.1 Å². The molecule has 0 N–H and O–H groups in total. The summed E-state index contributed by atoms with van der Waals surface area (Å²) in [6.45, 7) is 5.70. The summed E-state index contributed by atoms with van der Waals surface area (Å²) in [5.74, 6) is -0.170. The smallest absolute Gasteiger partial charge is 0.203 e. The van der Waals surface area contributed by atoms with E-state index in [0.29, 0.717) is 5.75 Å². The van der Waals surface area contributed by atoms with E-state index in [0.717, 1.165) is 16.7 Å². The van der Waals surface area contributed by atoms with Gasteiger partial charge < -0.3 is 4.74 Å². The van der Waals surface area contributed by atoms with Gasteiger partial charge in [0.15, 0.2) is 6.61 Å². The van der Waals surface area contributed by atoms with E-state index in [9.17, 15) is 9.18 Å². The van der Waals surface area contributed by atoms with Crippen molar-refractivity contribution in [3.05, 3.63) is 64.5 Å². The molecule has 2 aromatic rings. The summed E-state index contributed by atoms with van der Waals surface area (Å²) in [6.07, 6.45) is 0. The van der Waals surface area contributed by atoms with Crippen molar-refractivity contribution >= 4 is 5.78 Å². The van der Waals surface area contributed by atoms with Crippen molar-refractivity contribution in [2.75, 3.05) is 6.61 Å². The second-order valence-corrected chi connectivity index (χ2v) is 4.85. The molecule has 2 aromatic carbocycles. The fourth-order valence-electron chi connectivity index (χ4n) is 2.05. The number of halogens is 1. The van der Waals surface area contributed by atoms with E-state index in [2.05, 4.69) is 0 Å². The van der Waals surface area contributed by atoms with Crippen molar-refractivity contribution in [1.82, 2.24) is 0 Å². The van der Waals surface area contributed by atoms with Crippen molar-refractivity contribution in [3.8, 4) is 5.75 Å². The number of hydrogen-bond acceptors (Lipinski definition) is 2. The lowest BCUT2D eigenvalue weighted by Gasteiger charge is -2.13. The molecule has 0 heterocycles. The normalized spacial score (nSPS) is 10.4. The van der Waals surface area contributed by atoms with E-state index in [1.54, 1.807) is 12.1 Å². The van der Waals surface area contributed by atoms with Crippen LogP contribution in [0, 0.1) is 26.6 Å². The highest BCUT2D eigenvalue weighted by Crippen LogP contribution is 2.25. The Morgan fingerprint density at radius 1 is 1.05 bits per heavy atom. The van der Waals surface area contributed by atoms with Gasteiger partial charge in [-0.1, -0.05) is 24.3 Å². The Bertz CT molecular complexity index is 647. The first kappa shape index (κ1) is 14.3. The number of benzene rings is 2. The van der Waals surface area contributed by atoms with Crippen LogP contribution in [0.5, 0.6) is 5.75 Å². The number of ketones is 1. The second kappa shape index (κ2) is 5.87. The third-order valence-electron chi connectivity index (χ3n) is 3.40. The maximum Gasteiger partial charge on any atom is 0.203 e. The lowest BCUT2D eigenvalue weighted by molar-refractivity contribution is 0.0916. The molecule has 0 aliphatic carbocycles. The highest BCUT2D eigenvalue weighted by atomic mass is 19.1. The van der Waals surface area contributed by atoms with Gasteiger partial charge in [-0.05, 0) is 49.6 Å². The molecule has 0 spiro atoms. The van der Waals surface area contributed by atoms with Gasteiger partial charge in [0.2, 0.25) is 5.78 Å². The quantitative estimate of drug-likeness (QED) is 0.786. The highest BCUT2D eigenvalue weighted by Gasteiger charge is 2.13. The van der Waals surface area contributed by atoms with Gasteiger partial charge in [0, 0.05) is 0 Å². The lowest BCUT2D eigenvalue weighted by atomic mass is 10.1. The standard InChI is InChI=1S/C17H17FO2/c1-11-8-9-12(2)17(13(11)3)20-10-16(19)14-6-4-5-7-15(14)18/h4-9H,10H2,1-3H3. The minimum Gasteiger partial charge on any atom is -0.485 e. The molecule has 0 amide bonds. The van der Waals surface area contributed by atoms with Crippen LogP contribution >= 0.6 is 0 Å². The average molecular weight is 272 g/mol. The predicted molar refractivity (Wildman–Crippen MR) is 76.9 cm³/mol. The van der Waals surface area contributed by atoms with Crippen LogP contribution in [0.15, 0.2) is 36.4 Å². The minimum absolute atomic E-state index is 0.0652. The maximum atomic E-state index is 13.5. The van der Waals surface area contributed by atoms with Crippen molar-refractivity contribution in [2.24, 2.45) is 0 Å². The van der Waals surface area contributed by atoms with Gasteiger partial charge in [0.1, 0.15) is 11.6 Å². The molecule has 0 unspecified atom stereocenters. The first-order chi connectivity index (χ1) is 9.50. The van der Waals surface area contributed by atoms with Crippen molar-refractivity contribution in [1.29, 1.82) is 0 Å². The molecule has 0 fully saturated rings. The first-order valence-electron chi connectivity index (χ1n) is 6.48. The lowest BCUT2D eigenvalue weighted by Crippen LogP contribution is -2.14. The van der Waals surface area contributed by atoms with Gasteiger partial charge in [-0.3, -0.25) is 4.79 Å². The second-order valence-electron chi connectivity index (χ2n) is 4.85. The number of carbonyl (C=O) groups excluding carboxylic acids is 1. The summed E-state index contributed by atoms with van der Waals surface area (Å²) in [4.78, 5) is 12.0. The Kier molecular flexibility index (Phi) is 4.18.